The number of hydrogen-bond acceptors (Lipinski definition) is 6. The maximum absolute atomic E-state index is 12.5. The average molecular weight is 532 g/mol. The van der Waals surface area contributed by atoms with E-state index >= 15 is 0 Å². The van der Waals surface area contributed by atoms with E-state index in [1.807, 2.05) is 41.7 Å². The van der Waals surface area contributed by atoms with Gasteiger partial charge in [-0.25, -0.2) is 9.59 Å². The molecule has 1 rings (SSSR count). The molecule has 0 spiro atoms. The Morgan fingerprint density at radius 2 is 1.90 bits per heavy atom. The molecule has 0 aromatic carbocycles. The third-order valence-electron chi connectivity index (χ3n) is 4.21. The zero-order valence-corrected chi connectivity index (χ0v) is 21.0. The zero-order valence-electron chi connectivity index (χ0n) is 17.8. The number of halogens is 1. The lowest BCUT2D eigenvalue weighted by molar-refractivity contribution is -0.144. The Kier molecular flexibility index (Phi) is 10.0. The number of rotatable bonds is 9. The summed E-state index contributed by atoms with van der Waals surface area (Å²) in [5.41, 5.74) is 0.877. The second-order valence-corrected chi connectivity index (χ2v) is 14.4. The Labute approximate surface area is 186 Å². The van der Waals surface area contributed by atoms with E-state index in [1.165, 1.54) is 13.2 Å². The van der Waals surface area contributed by atoms with Crippen molar-refractivity contribution in [3.63, 3.8) is 0 Å². The molecule has 0 aliphatic heterocycles. The Morgan fingerprint density at radius 3 is 2.48 bits per heavy atom. The molecule has 160 valence electrons. The predicted octanol–water partition coefficient (Wildman–Crippen LogP) is 4.42. The minimum absolute atomic E-state index is 0.0801. The molecule has 0 N–H and O–H groups in total. The lowest BCUT2D eigenvalue weighted by Crippen LogP contribution is -2.41. The smallest absolute Gasteiger partial charge is 0.335 e. The van der Waals surface area contributed by atoms with Crippen molar-refractivity contribution in [1.29, 1.82) is 0 Å². The molecule has 1 aromatic heterocycles. The van der Waals surface area contributed by atoms with Gasteiger partial charge in [-0.3, -0.25) is 4.79 Å². The van der Waals surface area contributed by atoms with Gasteiger partial charge in [-0.2, -0.15) is 0 Å². The van der Waals surface area contributed by atoms with E-state index in [0.717, 1.165) is 12.0 Å². The summed E-state index contributed by atoms with van der Waals surface area (Å²) in [7, 11) is -0.481. The summed E-state index contributed by atoms with van der Waals surface area (Å²) >= 11 is 2.03. The van der Waals surface area contributed by atoms with E-state index in [1.54, 1.807) is 13.0 Å². The first-order valence-electron chi connectivity index (χ1n) is 9.34. The number of methoxy groups -OCH3 is 1. The zero-order chi connectivity index (χ0) is 22.2. The maximum Gasteiger partial charge on any atom is 0.335 e. The normalized spacial score (nSPS) is 13.8. The van der Waals surface area contributed by atoms with Crippen LogP contribution in [0.5, 0.6) is 0 Å². The second kappa shape index (κ2) is 11.5. The van der Waals surface area contributed by atoms with Gasteiger partial charge in [-0.15, -0.1) is 0 Å². The molecule has 0 saturated carbocycles. The van der Waals surface area contributed by atoms with E-state index in [9.17, 15) is 14.4 Å². The third-order valence-corrected chi connectivity index (χ3v) is 7.16. The number of carbonyl (C=O) groups is 2. The van der Waals surface area contributed by atoms with Crippen LogP contribution >= 0.6 is 22.6 Å². The summed E-state index contributed by atoms with van der Waals surface area (Å²) in [5.74, 6) is -0.431. The molecule has 1 atom stereocenters. The van der Waals surface area contributed by atoms with Gasteiger partial charge in [0.25, 0.3) is 0 Å². The van der Waals surface area contributed by atoms with E-state index in [2.05, 4.69) is 24.4 Å². The van der Waals surface area contributed by atoms with E-state index in [-0.39, 0.29) is 18.1 Å². The molecule has 0 aliphatic carbocycles. The van der Waals surface area contributed by atoms with Crippen LogP contribution in [-0.4, -0.2) is 32.8 Å². The summed E-state index contributed by atoms with van der Waals surface area (Å²) in [5, 5.41) is 0. The van der Waals surface area contributed by atoms with E-state index < -0.39 is 19.7 Å². The Bertz CT molecular complexity index is 847. The molecular formula is C21H29IO6Si. The molecule has 0 unspecified atom stereocenters. The molecule has 29 heavy (non-hydrogen) atoms. The van der Waals surface area contributed by atoms with E-state index in [0.29, 0.717) is 21.3 Å². The molecule has 0 radical (unpaired) electrons. The molecule has 0 bridgehead atoms. The molecule has 6 nitrogen and oxygen atoms in total. The molecule has 1 aromatic rings. The van der Waals surface area contributed by atoms with Crippen molar-refractivity contribution in [2.75, 3.05) is 7.11 Å². The molecule has 0 fully saturated rings. The van der Waals surface area contributed by atoms with Gasteiger partial charge in [-0.05, 0) is 61.4 Å². The van der Waals surface area contributed by atoms with Gasteiger partial charge in [0.1, 0.15) is 17.9 Å². The summed E-state index contributed by atoms with van der Waals surface area (Å²) in [6.45, 7) is 10.1. The second-order valence-electron chi connectivity index (χ2n) is 7.91. The van der Waals surface area contributed by atoms with Crippen LogP contribution in [0.2, 0.25) is 19.6 Å². The third kappa shape index (κ3) is 9.12. The van der Waals surface area contributed by atoms with Crippen LogP contribution in [0, 0.1) is 3.57 Å². The summed E-state index contributed by atoms with van der Waals surface area (Å²) in [4.78, 5) is 35.3. The maximum atomic E-state index is 12.5. The Balaban J connectivity index is 2.82. The highest BCUT2D eigenvalue weighted by molar-refractivity contribution is 14.1. The fraction of sp³-hybridized carbons (Fsp3) is 0.476. The Hall–Kier alpha value is -1.68. The van der Waals surface area contributed by atoms with E-state index in [4.69, 9.17) is 9.15 Å². The summed E-state index contributed by atoms with van der Waals surface area (Å²) in [6.07, 6.45) is 5.21. The monoisotopic (exact) mass is 532 g/mol. The van der Waals surface area contributed by atoms with Crippen LogP contribution in [0.3, 0.4) is 0 Å². The van der Waals surface area contributed by atoms with Crippen LogP contribution in [0.4, 0.5) is 0 Å². The van der Waals surface area contributed by atoms with Gasteiger partial charge >= 0.3 is 17.6 Å². The number of ether oxygens (including phenoxy) is 2. The minimum Gasteiger partial charge on any atom is -0.466 e. The van der Waals surface area contributed by atoms with Gasteiger partial charge in [0.2, 0.25) is 0 Å². The quantitative estimate of drug-likeness (QED) is 0.154. The van der Waals surface area contributed by atoms with Crippen molar-refractivity contribution >= 4 is 42.6 Å². The van der Waals surface area contributed by atoms with Crippen molar-refractivity contribution in [2.45, 2.75) is 58.5 Å². The van der Waals surface area contributed by atoms with Gasteiger partial charge in [-0.1, -0.05) is 31.3 Å². The lowest BCUT2D eigenvalue weighted by atomic mass is 10.1. The van der Waals surface area contributed by atoms with Crippen molar-refractivity contribution in [2.24, 2.45) is 0 Å². The van der Waals surface area contributed by atoms with Crippen LogP contribution in [-0.2, 0) is 25.5 Å². The van der Waals surface area contributed by atoms with Crippen LogP contribution in [0.25, 0.3) is 0 Å². The number of carbonyl (C=O) groups excluding carboxylic acids is 2. The highest BCUT2D eigenvalue weighted by Gasteiger charge is 2.29. The van der Waals surface area contributed by atoms with Crippen LogP contribution in [0.1, 0.15) is 32.4 Å². The Morgan fingerprint density at radius 1 is 1.24 bits per heavy atom. The van der Waals surface area contributed by atoms with Crippen molar-refractivity contribution in [3.8, 4) is 0 Å². The van der Waals surface area contributed by atoms with Gasteiger partial charge in [0, 0.05) is 11.6 Å². The topological polar surface area (TPSA) is 82.8 Å². The standard InChI is InChI=1S/C21H29IO6Si/c1-14(8-7-9-15(2)21(25)26-3)12-20(29(4,5)6)28-19(24)13-17-16(22)10-11-18(23)27-17/h9-12,20H,7-8,13H2,1-6H3/b14-12+,15-9-/t20-/m1/s1. The van der Waals surface area contributed by atoms with Gasteiger partial charge in [0.05, 0.1) is 18.8 Å². The first kappa shape index (κ1) is 25.4. The molecular weight excluding hydrogens is 503 g/mol. The first-order valence-corrected chi connectivity index (χ1v) is 14.0. The molecule has 0 aliphatic rings. The predicted molar refractivity (Wildman–Crippen MR) is 123 cm³/mol. The minimum atomic E-state index is -1.84. The van der Waals surface area contributed by atoms with Crippen molar-refractivity contribution < 1.29 is 23.5 Å². The molecule has 0 saturated heterocycles. The highest BCUT2D eigenvalue weighted by Crippen LogP contribution is 2.19. The van der Waals surface area contributed by atoms with Crippen LogP contribution < -0.4 is 5.63 Å². The summed E-state index contributed by atoms with van der Waals surface area (Å²) in [6, 6.07) is 2.95. The fourth-order valence-electron chi connectivity index (χ4n) is 2.44. The van der Waals surface area contributed by atoms with Crippen LogP contribution in [0.15, 0.2) is 44.6 Å². The van der Waals surface area contributed by atoms with Crippen molar-refractivity contribution in [1.82, 2.24) is 0 Å². The lowest BCUT2D eigenvalue weighted by Gasteiger charge is -2.27. The largest absolute Gasteiger partial charge is 0.466 e. The van der Waals surface area contributed by atoms with Crippen molar-refractivity contribution in [3.05, 3.63) is 55.2 Å². The number of hydrogen-bond donors (Lipinski definition) is 0. The molecule has 8 heteroatoms. The average Bonchev–Trinajstić information content (AvgIpc) is 2.62. The van der Waals surface area contributed by atoms with Gasteiger partial charge < -0.3 is 13.9 Å². The number of esters is 2. The molecule has 0 amide bonds. The first-order chi connectivity index (χ1) is 13.4. The fourth-order valence-corrected chi connectivity index (χ4v) is 4.19. The number of allylic oxidation sites excluding steroid dienone is 2. The SMILES string of the molecule is COC(=O)/C(C)=C\CC/C(C)=C/[C@H](OC(=O)Cc1oc(=O)ccc1I)[Si](C)(C)C. The highest BCUT2D eigenvalue weighted by atomic mass is 127. The van der Waals surface area contributed by atoms with Gasteiger partial charge in [0.15, 0.2) is 0 Å². The molecule has 1 heterocycles. The summed E-state index contributed by atoms with van der Waals surface area (Å²) < 4.78 is 16.3.